The summed E-state index contributed by atoms with van der Waals surface area (Å²) in [4.78, 5) is 12.3. The lowest BCUT2D eigenvalue weighted by Gasteiger charge is -2.08. The molecule has 3 rings (SSSR count). The average Bonchev–Trinajstić information content (AvgIpc) is 3.01. The average molecular weight is 374 g/mol. The zero-order chi connectivity index (χ0) is 17.9. The van der Waals surface area contributed by atoms with Gasteiger partial charge < -0.3 is 0 Å². The lowest BCUT2D eigenvalue weighted by Crippen LogP contribution is -2.14. The van der Waals surface area contributed by atoms with Crippen molar-refractivity contribution in [2.24, 2.45) is 0 Å². The maximum Gasteiger partial charge on any atom is 0.261 e. The number of rotatable bonds is 5. The van der Waals surface area contributed by atoms with E-state index in [1.165, 1.54) is 47.7 Å². The SMILES string of the molecule is Cc1nnc(NC(=O)c2ccc(NS(=O)(=O)c3ccccc3)cc2)s1. The van der Waals surface area contributed by atoms with Crippen molar-refractivity contribution in [2.45, 2.75) is 11.8 Å². The molecule has 1 heterocycles. The van der Waals surface area contributed by atoms with E-state index < -0.39 is 10.0 Å². The monoisotopic (exact) mass is 374 g/mol. The van der Waals surface area contributed by atoms with Crippen LogP contribution < -0.4 is 10.0 Å². The van der Waals surface area contributed by atoms with Crippen molar-refractivity contribution < 1.29 is 13.2 Å². The number of sulfonamides is 1. The Morgan fingerprint density at radius 1 is 1.00 bits per heavy atom. The lowest BCUT2D eigenvalue weighted by molar-refractivity contribution is 0.102. The van der Waals surface area contributed by atoms with Gasteiger partial charge in [-0.1, -0.05) is 29.5 Å². The minimum absolute atomic E-state index is 0.170. The highest BCUT2D eigenvalue weighted by Gasteiger charge is 2.14. The predicted octanol–water partition coefficient (Wildman–Crippen LogP) is 2.90. The molecular formula is C16H14N4O3S2. The van der Waals surface area contributed by atoms with Crippen LogP contribution in [0, 0.1) is 6.92 Å². The van der Waals surface area contributed by atoms with E-state index in [0.29, 0.717) is 16.4 Å². The highest BCUT2D eigenvalue weighted by molar-refractivity contribution is 7.92. The van der Waals surface area contributed by atoms with Gasteiger partial charge >= 0.3 is 0 Å². The summed E-state index contributed by atoms with van der Waals surface area (Å²) >= 11 is 1.27. The van der Waals surface area contributed by atoms with Crippen LogP contribution in [0.2, 0.25) is 0 Å². The van der Waals surface area contributed by atoms with E-state index >= 15 is 0 Å². The van der Waals surface area contributed by atoms with E-state index in [9.17, 15) is 13.2 Å². The quantitative estimate of drug-likeness (QED) is 0.715. The number of carbonyl (C=O) groups excluding carboxylic acids is 1. The number of nitrogens with one attached hydrogen (secondary N) is 2. The molecule has 0 aliphatic rings. The second-order valence-electron chi connectivity index (χ2n) is 5.08. The summed E-state index contributed by atoms with van der Waals surface area (Å²) in [5.41, 5.74) is 0.752. The van der Waals surface area contributed by atoms with Gasteiger partial charge in [-0.05, 0) is 43.3 Å². The first-order valence-corrected chi connectivity index (χ1v) is 9.53. The van der Waals surface area contributed by atoms with E-state index in [-0.39, 0.29) is 10.8 Å². The highest BCUT2D eigenvalue weighted by atomic mass is 32.2. The second kappa shape index (κ2) is 6.99. The summed E-state index contributed by atoms with van der Waals surface area (Å²) < 4.78 is 27.0. The minimum atomic E-state index is -3.66. The molecule has 2 aromatic carbocycles. The lowest BCUT2D eigenvalue weighted by atomic mass is 10.2. The van der Waals surface area contributed by atoms with Gasteiger partial charge in [0.1, 0.15) is 5.01 Å². The number of anilines is 2. The van der Waals surface area contributed by atoms with Crippen LogP contribution in [-0.4, -0.2) is 24.5 Å². The molecule has 0 saturated carbocycles. The number of carbonyl (C=O) groups is 1. The van der Waals surface area contributed by atoms with E-state index in [2.05, 4.69) is 20.2 Å². The molecule has 0 radical (unpaired) electrons. The summed E-state index contributed by atoms with van der Waals surface area (Å²) in [5, 5.41) is 11.5. The van der Waals surface area contributed by atoms with Crippen LogP contribution >= 0.6 is 11.3 Å². The predicted molar refractivity (Wildman–Crippen MR) is 96.3 cm³/mol. The van der Waals surface area contributed by atoms with Gasteiger partial charge in [0.05, 0.1) is 4.90 Å². The molecule has 0 unspecified atom stereocenters. The molecule has 0 aliphatic carbocycles. The van der Waals surface area contributed by atoms with E-state index in [0.717, 1.165) is 5.01 Å². The number of amides is 1. The van der Waals surface area contributed by atoms with Crippen molar-refractivity contribution in [3.8, 4) is 0 Å². The third-order valence-electron chi connectivity index (χ3n) is 3.20. The smallest absolute Gasteiger partial charge is 0.261 e. The maximum absolute atomic E-state index is 12.3. The standard InChI is InChI=1S/C16H14N4O3S2/c1-11-18-19-16(24-11)17-15(21)12-7-9-13(10-8-12)20-25(22,23)14-5-3-2-4-6-14/h2-10,20H,1H3,(H,17,19,21). The molecule has 128 valence electrons. The fourth-order valence-corrected chi connectivity index (χ4v) is 3.69. The summed E-state index contributed by atoms with van der Waals surface area (Å²) in [6, 6.07) is 14.2. The van der Waals surface area contributed by atoms with E-state index in [1.807, 2.05) is 0 Å². The van der Waals surface area contributed by atoms with Gasteiger partial charge in [0.2, 0.25) is 5.13 Å². The van der Waals surface area contributed by atoms with Gasteiger partial charge in [-0.2, -0.15) is 0 Å². The van der Waals surface area contributed by atoms with Gasteiger partial charge in [-0.15, -0.1) is 10.2 Å². The number of hydrogen-bond donors (Lipinski definition) is 2. The molecule has 0 saturated heterocycles. The summed E-state index contributed by atoms with van der Waals surface area (Å²) in [7, 11) is -3.66. The van der Waals surface area contributed by atoms with Gasteiger partial charge in [-0.25, -0.2) is 8.42 Å². The Kier molecular flexibility index (Phi) is 4.77. The van der Waals surface area contributed by atoms with Gasteiger partial charge in [0, 0.05) is 11.3 Å². The van der Waals surface area contributed by atoms with Crippen molar-refractivity contribution in [3.63, 3.8) is 0 Å². The van der Waals surface area contributed by atoms with Crippen LogP contribution in [0.5, 0.6) is 0 Å². The first-order chi connectivity index (χ1) is 11.9. The number of aryl methyl sites for hydroxylation is 1. The number of aromatic nitrogens is 2. The number of hydrogen-bond acceptors (Lipinski definition) is 6. The Balaban J connectivity index is 1.71. The minimum Gasteiger partial charge on any atom is -0.296 e. The maximum atomic E-state index is 12.3. The number of benzene rings is 2. The van der Waals surface area contributed by atoms with E-state index in [4.69, 9.17) is 0 Å². The van der Waals surface area contributed by atoms with Gasteiger partial charge in [-0.3, -0.25) is 14.8 Å². The first-order valence-electron chi connectivity index (χ1n) is 7.23. The van der Waals surface area contributed by atoms with Crippen LogP contribution in [-0.2, 0) is 10.0 Å². The fourth-order valence-electron chi connectivity index (χ4n) is 2.02. The van der Waals surface area contributed by atoms with Crippen LogP contribution in [0.15, 0.2) is 59.5 Å². The summed E-state index contributed by atoms with van der Waals surface area (Å²) in [6.07, 6.45) is 0. The summed E-state index contributed by atoms with van der Waals surface area (Å²) in [6.45, 7) is 1.79. The molecule has 1 amide bonds. The molecule has 9 heteroatoms. The molecular weight excluding hydrogens is 360 g/mol. The molecule has 0 aliphatic heterocycles. The van der Waals surface area contributed by atoms with Crippen molar-refractivity contribution >= 4 is 38.1 Å². The molecule has 0 fully saturated rings. The van der Waals surface area contributed by atoms with Crippen LogP contribution in [0.25, 0.3) is 0 Å². The topological polar surface area (TPSA) is 101 Å². The normalized spacial score (nSPS) is 11.1. The molecule has 25 heavy (non-hydrogen) atoms. The van der Waals surface area contributed by atoms with Crippen molar-refractivity contribution in [1.82, 2.24) is 10.2 Å². The Morgan fingerprint density at radius 3 is 2.28 bits per heavy atom. The van der Waals surface area contributed by atoms with E-state index in [1.54, 1.807) is 25.1 Å². The number of nitrogens with zero attached hydrogens (tertiary/aromatic N) is 2. The Bertz CT molecular complexity index is 984. The van der Waals surface area contributed by atoms with Crippen LogP contribution in [0.4, 0.5) is 10.8 Å². The Morgan fingerprint density at radius 2 is 1.68 bits per heavy atom. The largest absolute Gasteiger partial charge is 0.296 e. The third-order valence-corrected chi connectivity index (χ3v) is 5.35. The highest BCUT2D eigenvalue weighted by Crippen LogP contribution is 2.18. The molecule has 0 atom stereocenters. The second-order valence-corrected chi connectivity index (χ2v) is 7.94. The first kappa shape index (κ1) is 17.1. The molecule has 2 N–H and O–H groups in total. The van der Waals surface area contributed by atoms with Crippen molar-refractivity contribution in [3.05, 3.63) is 65.2 Å². The van der Waals surface area contributed by atoms with Crippen LogP contribution in [0.3, 0.4) is 0 Å². The fraction of sp³-hybridized carbons (Fsp3) is 0.0625. The molecule has 0 spiro atoms. The van der Waals surface area contributed by atoms with Crippen molar-refractivity contribution in [2.75, 3.05) is 10.0 Å². The Hall–Kier alpha value is -2.78. The molecule has 1 aromatic heterocycles. The summed E-state index contributed by atoms with van der Waals surface area (Å²) in [5.74, 6) is -0.339. The Labute approximate surface area is 148 Å². The molecule has 0 bridgehead atoms. The zero-order valence-electron chi connectivity index (χ0n) is 13.1. The molecule has 7 nitrogen and oxygen atoms in total. The zero-order valence-corrected chi connectivity index (χ0v) is 14.8. The van der Waals surface area contributed by atoms with Gasteiger partial charge in [0.15, 0.2) is 0 Å². The van der Waals surface area contributed by atoms with Crippen molar-refractivity contribution in [1.29, 1.82) is 0 Å². The third kappa shape index (κ3) is 4.20. The van der Waals surface area contributed by atoms with Crippen LogP contribution in [0.1, 0.15) is 15.4 Å². The molecule has 3 aromatic rings. The van der Waals surface area contributed by atoms with Gasteiger partial charge in [0.25, 0.3) is 15.9 Å².